The van der Waals surface area contributed by atoms with E-state index in [1.807, 2.05) is 16.0 Å². The van der Waals surface area contributed by atoms with Gasteiger partial charge < -0.3 is 19.7 Å². The predicted octanol–water partition coefficient (Wildman–Crippen LogP) is 3.67. The van der Waals surface area contributed by atoms with Crippen LogP contribution in [0.15, 0.2) is 35.9 Å². The van der Waals surface area contributed by atoms with E-state index in [0.717, 1.165) is 4.96 Å². The van der Waals surface area contributed by atoms with Gasteiger partial charge in [0.25, 0.3) is 0 Å². The molecule has 0 unspecified atom stereocenters. The summed E-state index contributed by atoms with van der Waals surface area (Å²) in [6.07, 6.45) is 6.29. The Kier molecular flexibility index (Phi) is 5.29. The summed E-state index contributed by atoms with van der Waals surface area (Å²) in [5.41, 5.74) is 1.36. The Balaban J connectivity index is 1.16. The van der Waals surface area contributed by atoms with Crippen molar-refractivity contribution in [2.45, 2.75) is 12.8 Å². The Morgan fingerprint density at radius 2 is 2.03 bits per heavy atom. The van der Waals surface area contributed by atoms with Gasteiger partial charge in [-0.05, 0) is 31.1 Å². The number of imidazole rings is 1. The Labute approximate surface area is 187 Å². The molecule has 2 aliphatic rings. The standard InChI is InChI=1S/C21H19ClN4O4S/c22-19-15(26-9-10-31-21(26)24-19)2-4-18(27)25-7-5-13(6-8-25)20(28)23-14-1-3-16-17(11-14)30-12-29-16/h1-4,9-11,13H,5-8,12H2,(H,23,28)/b4-2-. The number of carbonyl (C=O) groups excluding carboxylic acids is 2. The van der Waals surface area contributed by atoms with Gasteiger partial charge in [0.1, 0.15) is 0 Å². The van der Waals surface area contributed by atoms with Crippen molar-refractivity contribution in [3.05, 3.63) is 46.7 Å². The van der Waals surface area contributed by atoms with Crippen molar-refractivity contribution in [2.75, 3.05) is 25.2 Å². The first-order valence-corrected chi connectivity index (χ1v) is 11.1. The van der Waals surface area contributed by atoms with Crippen LogP contribution in [0.25, 0.3) is 11.0 Å². The van der Waals surface area contributed by atoms with Gasteiger partial charge in [0, 0.05) is 48.4 Å². The van der Waals surface area contributed by atoms with E-state index >= 15 is 0 Å². The maximum Gasteiger partial charge on any atom is 0.246 e. The lowest BCUT2D eigenvalue weighted by molar-refractivity contribution is -0.130. The second kappa shape index (κ2) is 8.24. The summed E-state index contributed by atoms with van der Waals surface area (Å²) < 4.78 is 12.5. The fourth-order valence-corrected chi connectivity index (χ4v) is 4.77. The lowest BCUT2D eigenvalue weighted by Crippen LogP contribution is -2.40. The molecule has 0 bridgehead atoms. The summed E-state index contributed by atoms with van der Waals surface area (Å²) in [6.45, 7) is 1.24. The molecule has 0 spiro atoms. The number of likely N-dealkylation sites (tertiary alicyclic amines) is 1. The number of ether oxygens (including phenoxy) is 2. The highest BCUT2D eigenvalue weighted by Gasteiger charge is 2.27. The van der Waals surface area contributed by atoms with Gasteiger partial charge in [-0.3, -0.25) is 14.0 Å². The largest absolute Gasteiger partial charge is 0.454 e. The minimum Gasteiger partial charge on any atom is -0.454 e. The Morgan fingerprint density at radius 1 is 1.23 bits per heavy atom. The molecule has 160 valence electrons. The van der Waals surface area contributed by atoms with Gasteiger partial charge in [0.2, 0.25) is 18.6 Å². The van der Waals surface area contributed by atoms with Gasteiger partial charge in [-0.2, -0.15) is 0 Å². The molecule has 5 rings (SSSR count). The summed E-state index contributed by atoms with van der Waals surface area (Å²) in [4.78, 5) is 32.0. The van der Waals surface area contributed by atoms with Crippen molar-refractivity contribution in [3.8, 4) is 11.5 Å². The number of piperidine rings is 1. The van der Waals surface area contributed by atoms with E-state index in [-0.39, 0.29) is 24.5 Å². The van der Waals surface area contributed by atoms with E-state index in [1.54, 1.807) is 29.2 Å². The normalized spacial score (nSPS) is 16.4. The fraction of sp³-hybridized carbons (Fsp3) is 0.286. The van der Waals surface area contributed by atoms with Crippen LogP contribution in [0, 0.1) is 5.92 Å². The molecule has 8 nitrogen and oxygen atoms in total. The zero-order chi connectivity index (χ0) is 21.4. The number of halogens is 1. The molecule has 4 heterocycles. The van der Waals surface area contributed by atoms with Crippen molar-refractivity contribution in [2.24, 2.45) is 5.92 Å². The van der Waals surface area contributed by atoms with Crippen molar-refractivity contribution >= 4 is 51.5 Å². The molecule has 0 saturated carbocycles. The maximum atomic E-state index is 12.6. The van der Waals surface area contributed by atoms with Crippen LogP contribution in [0.1, 0.15) is 18.5 Å². The number of thiazole rings is 1. The van der Waals surface area contributed by atoms with Crippen molar-refractivity contribution < 1.29 is 19.1 Å². The number of amides is 2. The van der Waals surface area contributed by atoms with E-state index in [0.29, 0.717) is 54.0 Å². The third-order valence-corrected chi connectivity index (χ3v) is 6.49. The van der Waals surface area contributed by atoms with Crippen LogP contribution in [0.5, 0.6) is 11.5 Å². The molecule has 1 aromatic carbocycles. The predicted molar refractivity (Wildman–Crippen MR) is 118 cm³/mol. The minimum atomic E-state index is -0.145. The third-order valence-electron chi connectivity index (χ3n) is 5.46. The number of carbonyl (C=O) groups is 2. The Morgan fingerprint density at radius 3 is 2.87 bits per heavy atom. The molecule has 0 radical (unpaired) electrons. The number of hydrogen-bond donors (Lipinski definition) is 1. The number of fused-ring (bicyclic) bond motifs is 2. The number of nitrogens with one attached hydrogen (secondary N) is 1. The molecular weight excluding hydrogens is 440 g/mol. The Hall–Kier alpha value is -3.04. The van der Waals surface area contributed by atoms with Gasteiger partial charge in [-0.1, -0.05) is 11.6 Å². The summed E-state index contributed by atoms with van der Waals surface area (Å²) in [5, 5.41) is 5.22. The number of benzene rings is 1. The maximum absolute atomic E-state index is 12.6. The zero-order valence-corrected chi connectivity index (χ0v) is 18.0. The monoisotopic (exact) mass is 458 g/mol. The van der Waals surface area contributed by atoms with Crippen LogP contribution < -0.4 is 14.8 Å². The van der Waals surface area contributed by atoms with Gasteiger partial charge in [0.05, 0.1) is 5.69 Å². The molecule has 10 heteroatoms. The Bertz CT molecular complexity index is 1180. The molecule has 2 aromatic heterocycles. The molecule has 0 atom stereocenters. The average Bonchev–Trinajstić information content (AvgIpc) is 3.48. The summed E-state index contributed by atoms with van der Waals surface area (Å²) in [6, 6.07) is 5.33. The molecule has 0 aliphatic carbocycles. The summed E-state index contributed by atoms with van der Waals surface area (Å²) >= 11 is 7.65. The lowest BCUT2D eigenvalue weighted by atomic mass is 9.95. The van der Waals surface area contributed by atoms with E-state index in [2.05, 4.69) is 10.3 Å². The minimum absolute atomic E-state index is 0.0487. The molecule has 31 heavy (non-hydrogen) atoms. The van der Waals surface area contributed by atoms with Gasteiger partial charge in [-0.15, -0.1) is 11.3 Å². The van der Waals surface area contributed by atoms with Gasteiger partial charge in [0.15, 0.2) is 21.6 Å². The van der Waals surface area contributed by atoms with Crippen LogP contribution in [0.2, 0.25) is 5.15 Å². The molecule has 1 N–H and O–H groups in total. The van der Waals surface area contributed by atoms with Crippen LogP contribution in [0.3, 0.4) is 0 Å². The highest BCUT2D eigenvalue weighted by molar-refractivity contribution is 7.15. The number of aromatic nitrogens is 2. The van der Waals surface area contributed by atoms with Crippen LogP contribution >= 0.6 is 22.9 Å². The molecule has 3 aromatic rings. The summed E-state index contributed by atoms with van der Waals surface area (Å²) in [5.74, 6) is 1.01. The molecule has 1 saturated heterocycles. The SMILES string of the molecule is O=C(Nc1ccc2c(c1)OCO2)C1CCN(C(=O)/C=C\c2c(Cl)nc3sccn23)CC1. The molecule has 2 amide bonds. The molecular formula is C21H19ClN4O4S. The van der Waals surface area contributed by atoms with Crippen LogP contribution in [-0.4, -0.2) is 46.0 Å². The molecule has 2 aliphatic heterocycles. The number of hydrogen-bond acceptors (Lipinski definition) is 6. The van der Waals surface area contributed by atoms with Crippen molar-refractivity contribution in [1.29, 1.82) is 0 Å². The van der Waals surface area contributed by atoms with E-state index in [9.17, 15) is 9.59 Å². The molecule has 1 fully saturated rings. The van der Waals surface area contributed by atoms with E-state index in [1.165, 1.54) is 17.4 Å². The van der Waals surface area contributed by atoms with Gasteiger partial charge in [-0.25, -0.2) is 4.98 Å². The smallest absolute Gasteiger partial charge is 0.246 e. The third kappa shape index (κ3) is 3.98. The first-order chi connectivity index (χ1) is 15.1. The highest BCUT2D eigenvalue weighted by atomic mass is 35.5. The van der Waals surface area contributed by atoms with Gasteiger partial charge >= 0.3 is 0 Å². The van der Waals surface area contributed by atoms with Crippen LogP contribution in [-0.2, 0) is 9.59 Å². The number of rotatable bonds is 4. The second-order valence-electron chi connectivity index (χ2n) is 7.33. The average molecular weight is 459 g/mol. The second-order valence-corrected chi connectivity index (χ2v) is 8.56. The van der Waals surface area contributed by atoms with E-state index in [4.69, 9.17) is 21.1 Å². The van der Waals surface area contributed by atoms with E-state index < -0.39 is 0 Å². The first-order valence-electron chi connectivity index (χ1n) is 9.87. The fourth-order valence-electron chi connectivity index (χ4n) is 3.76. The quantitative estimate of drug-likeness (QED) is 0.603. The van der Waals surface area contributed by atoms with Crippen molar-refractivity contribution in [3.63, 3.8) is 0 Å². The number of anilines is 1. The van der Waals surface area contributed by atoms with Crippen molar-refractivity contribution in [1.82, 2.24) is 14.3 Å². The topological polar surface area (TPSA) is 85.2 Å². The highest BCUT2D eigenvalue weighted by Crippen LogP contribution is 2.34. The zero-order valence-electron chi connectivity index (χ0n) is 16.4. The van der Waals surface area contributed by atoms with Crippen LogP contribution in [0.4, 0.5) is 5.69 Å². The first kappa shape index (κ1) is 19.9. The summed E-state index contributed by atoms with van der Waals surface area (Å²) in [7, 11) is 0. The lowest BCUT2D eigenvalue weighted by Gasteiger charge is -2.30. The number of nitrogens with zero attached hydrogens (tertiary/aromatic N) is 3.